The van der Waals surface area contributed by atoms with Gasteiger partial charge in [0.05, 0.1) is 19.8 Å². The fraction of sp³-hybridized carbons (Fsp3) is 0.912. The third kappa shape index (κ3) is 18.2. The molecule has 0 fully saturated rings. The highest BCUT2D eigenvalue weighted by Gasteiger charge is 2.41. The summed E-state index contributed by atoms with van der Waals surface area (Å²) < 4.78 is 17.0. The van der Waals surface area contributed by atoms with E-state index in [1.54, 1.807) is 0 Å². The topological polar surface area (TPSA) is 85.2 Å². The van der Waals surface area contributed by atoms with Crippen LogP contribution in [0.15, 0.2) is 11.5 Å². The summed E-state index contributed by atoms with van der Waals surface area (Å²) in [4.78, 5) is 12.4. The van der Waals surface area contributed by atoms with E-state index in [-0.39, 0.29) is 11.5 Å². The first kappa shape index (κ1) is 36.8. The second kappa shape index (κ2) is 26.6. The molecule has 0 aromatic rings. The smallest absolute Gasteiger partial charge is 0.378 e. The number of aliphatic hydroxyl groups is 2. The van der Waals surface area contributed by atoms with Crippen molar-refractivity contribution in [1.29, 1.82) is 0 Å². The molecule has 0 saturated heterocycles. The molecule has 2 atom stereocenters. The Kier molecular flexibility index (Phi) is 24.5. The van der Waals surface area contributed by atoms with Crippen molar-refractivity contribution in [2.24, 2.45) is 0 Å². The van der Waals surface area contributed by atoms with E-state index in [0.29, 0.717) is 13.2 Å². The predicted octanol–water partition coefficient (Wildman–Crippen LogP) is 8.91. The van der Waals surface area contributed by atoms with Gasteiger partial charge in [-0.1, -0.05) is 155 Å². The van der Waals surface area contributed by atoms with Crippen molar-refractivity contribution in [3.05, 3.63) is 11.5 Å². The van der Waals surface area contributed by atoms with Crippen LogP contribution >= 0.6 is 0 Å². The van der Waals surface area contributed by atoms with Crippen LogP contribution < -0.4 is 0 Å². The molecule has 6 heteroatoms. The number of ether oxygens (including phenoxy) is 3. The lowest BCUT2D eigenvalue weighted by atomic mass is 10.0. The summed E-state index contributed by atoms with van der Waals surface area (Å²) in [5.74, 6) is -0.298. The zero-order valence-corrected chi connectivity index (χ0v) is 26.3. The standard InChI is InChI=1S/C34H64O6/c1-3-5-7-9-11-13-15-16-17-18-20-22-24-26-28-39-33-32(31(30(36)29-35)40-34(33)37)38-27-25-23-21-19-14-12-10-8-6-4-2/h30-31,35-36H,3-29H2,1-2H3/t30-,31+/m0/s1. The lowest BCUT2D eigenvalue weighted by Gasteiger charge is -2.18. The predicted molar refractivity (Wildman–Crippen MR) is 164 cm³/mol. The number of unbranched alkanes of at least 4 members (excludes halogenated alkanes) is 22. The first-order valence-corrected chi connectivity index (χ1v) is 17.1. The number of carbonyl (C=O) groups excluding carboxylic acids is 1. The second-order valence-electron chi connectivity index (χ2n) is 11.7. The van der Waals surface area contributed by atoms with E-state index in [0.717, 1.165) is 25.7 Å². The molecule has 1 heterocycles. The summed E-state index contributed by atoms with van der Waals surface area (Å²) in [6.45, 7) is 4.88. The molecule has 2 N–H and O–H groups in total. The molecular formula is C34H64O6. The third-order valence-corrected chi connectivity index (χ3v) is 7.94. The molecule has 0 radical (unpaired) electrons. The molecule has 0 aliphatic carbocycles. The Hall–Kier alpha value is -1.27. The maximum Gasteiger partial charge on any atom is 0.378 e. The van der Waals surface area contributed by atoms with E-state index in [4.69, 9.17) is 14.2 Å². The van der Waals surface area contributed by atoms with Gasteiger partial charge < -0.3 is 24.4 Å². The van der Waals surface area contributed by atoms with Gasteiger partial charge in [0.1, 0.15) is 6.10 Å². The van der Waals surface area contributed by atoms with Gasteiger partial charge in [-0.2, -0.15) is 0 Å². The quantitative estimate of drug-likeness (QED) is 0.0665. The second-order valence-corrected chi connectivity index (χ2v) is 11.7. The zero-order chi connectivity index (χ0) is 29.1. The molecule has 0 spiro atoms. The van der Waals surface area contributed by atoms with Crippen LogP contribution in [-0.4, -0.2) is 48.2 Å². The van der Waals surface area contributed by atoms with Crippen molar-refractivity contribution in [1.82, 2.24) is 0 Å². The Morgan fingerprint density at radius 1 is 0.600 bits per heavy atom. The molecule has 0 bridgehead atoms. The monoisotopic (exact) mass is 568 g/mol. The van der Waals surface area contributed by atoms with Crippen molar-refractivity contribution in [3.8, 4) is 0 Å². The normalized spacial score (nSPS) is 16.0. The molecule has 0 unspecified atom stereocenters. The first-order valence-electron chi connectivity index (χ1n) is 17.1. The van der Waals surface area contributed by atoms with E-state index < -0.39 is 24.8 Å². The van der Waals surface area contributed by atoms with Crippen LogP contribution in [0.4, 0.5) is 0 Å². The van der Waals surface area contributed by atoms with Crippen LogP contribution in [0.5, 0.6) is 0 Å². The van der Waals surface area contributed by atoms with Crippen molar-refractivity contribution in [3.63, 3.8) is 0 Å². The van der Waals surface area contributed by atoms with Crippen LogP contribution in [0.25, 0.3) is 0 Å². The Morgan fingerprint density at radius 2 is 0.950 bits per heavy atom. The molecule has 1 aliphatic rings. The molecule has 236 valence electrons. The number of rotatable bonds is 30. The molecule has 1 aliphatic heterocycles. The Morgan fingerprint density at radius 3 is 1.32 bits per heavy atom. The van der Waals surface area contributed by atoms with E-state index in [1.807, 2.05) is 0 Å². The average molecular weight is 569 g/mol. The van der Waals surface area contributed by atoms with Crippen molar-refractivity contribution in [2.75, 3.05) is 19.8 Å². The molecule has 0 amide bonds. The highest BCUT2D eigenvalue weighted by atomic mass is 16.6. The van der Waals surface area contributed by atoms with Gasteiger partial charge in [0.25, 0.3) is 0 Å². The fourth-order valence-electron chi connectivity index (χ4n) is 5.32. The van der Waals surface area contributed by atoms with Gasteiger partial charge in [-0.3, -0.25) is 0 Å². The summed E-state index contributed by atoms with van der Waals surface area (Å²) >= 11 is 0. The van der Waals surface area contributed by atoms with Crippen LogP contribution in [0.3, 0.4) is 0 Å². The van der Waals surface area contributed by atoms with E-state index in [9.17, 15) is 15.0 Å². The van der Waals surface area contributed by atoms with E-state index >= 15 is 0 Å². The molecule has 0 aromatic heterocycles. The van der Waals surface area contributed by atoms with Crippen molar-refractivity contribution >= 4 is 5.97 Å². The minimum atomic E-state index is -1.21. The van der Waals surface area contributed by atoms with Gasteiger partial charge in [0.2, 0.25) is 5.76 Å². The number of cyclic esters (lactones) is 1. The molecule has 40 heavy (non-hydrogen) atoms. The first-order chi connectivity index (χ1) is 19.7. The lowest BCUT2D eigenvalue weighted by Crippen LogP contribution is -2.32. The average Bonchev–Trinajstić information content (AvgIpc) is 3.28. The van der Waals surface area contributed by atoms with E-state index in [1.165, 1.54) is 128 Å². The van der Waals surface area contributed by atoms with E-state index in [2.05, 4.69) is 13.8 Å². The molecule has 6 nitrogen and oxygen atoms in total. The zero-order valence-electron chi connectivity index (χ0n) is 26.3. The summed E-state index contributed by atoms with van der Waals surface area (Å²) in [5, 5.41) is 19.5. The maximum absolute atomic E-state index is 12.4. The van der Waals surface area contributed by atoms with Gasteiger partial charge in [0, 0.05) is 0 Å². The SMILES string of the molecule is CCCCCCCCCCCCCCCCOC1=C(OCCCCCCCCCCCC)[C@@H]([C@@H](O)CO)OC1=O. The molecule has 0 aromatic carbocycles. The van der Waals surface area contributed by atoms with Crippen LogP contribution in [0.1, 0.15) is 168 Å². The highest BCUT2D eigenvalue weighted by molar-refractivity contribution is 5.89. The fourth-order valence-corrected chi connectivity index (χ4v) is 5.32. The molecular weight excluding hydrogens is 504 g/mol. The van der Waals surface area contributed by atoms with Crippen LogP contribution in [0, 0.1) is 0 Å². The van der Waals surface area contributed by atoms with Crippen molar-refractivity contribution < 1.29 is 29.2 Å². The maximum atomic E-state index is 12.4. The van der Waals surface area contributed by atoms with Gasteiger partial charge in [-0.25, -0.2) is 4.79 Å². The Balaban J connectivity index is 2.19. The van der Waals surface area contributed by atoms with Crippen molar-refractivity contribution in [2.45, 2.75) is 180 Å². The number of hydrogen-bond donors (Lipinski definition) is 2. The van der Waals surface area contributed by atoms with Crippen LogP contribution in [-0.2, 0) is 19.0 Å². The molecule has 1 rings (SSSR count). The summed E-state index contributed by atoms with van der Waals surface area (Å²) in [6.07, 6.45) is 28.1. The highest BCUT2D eigenvalue weighted by Crippen LogP contribution is 2.28. The number of hydrogen-bond acceptors (Lipinski definition) is 6. The number of aliphatic hydroxyl groups excluding tert-OH is 2. The summed E-state index contributed by atoms with van der Waals surface area (Å²) in [7, 11) is 0. The Bertz CT molecular complexity index is 620. The summed E-state index contributed by atoms with van der Waals surface area (Å²) in [5.41, 5.74) is 0. The third-order valence-electron chi connectivity index (χ3n) is 7.94. The van der Waals surface area contributed by atoms with Crippen LogP contribution in [0.2, 0.25) is 0 Å². The number of esters is 1. The minimum absolute atomic E-state index is 0.0688. The minimum Gasteiger partial charge on any atom is -0.490 e. The molecule has 0 saturated carbocycles. The van der Waals surface area contributed by atoms with Gasteiger partial charge in [0.15, 0.2) is 11.9 Å². The number of carbonyl (C=O) groups is 1. The van der Waals surface area contributed by atoms with Gasteiger partial charge in [-0.15, -0.1) is 0 Å². The van der Waals surface area contributed by atoms with Gasteiger partial charge >= 0.3 is 5.97 Å². The lowest BCUT2D eigenvalue weighted by molar-refractivity contribution is -0.148. The Labute approximate surface area is 246 Å². The summed E-state index contributed by atoms with van der Waals surface area (Å²) in [6, 6.07) is 0. The van der Waals surface area contributed by atoms with Gasteiger partial charge in [-0.05, 0) is 12.8 Å². The largest absolute Gasteiger partial charge is 0.490 e.